The quantitative estimate of drug-likeness (QED) is 0.665. The molecule has 0 fully saturated rings. The van der Waals surface area contributed by atoms with Crippen LogP contribution < -0.4 is 0 Å². The lowest BCUT2D eigenvalue weighted by atomic mass is 9.87. The highest BCUT2D eigenvalue weighted by atomic mass is 79.9. The van der Waals surface area contributed by atoms with E-state index in [9.17, 15) is 8.42 Å². The second-order valence-electron chi connectivity index (χ2n) is 4.56. The Morgan fingerprint density at radius 1 is 1.22 bits per heavy atom. The SMILES string of the molecule is CCC(CC)(CBr)CS(=O)(=O)c1cccc(Br)c1. The van der Waals surface area contributed by atoms with E-state index in [1.165, 1.54) is 0 Å². The fraction of sp³-hybridized carbons (Fsp3) is 0.538. The summed E-state index contributed by atoms with van der Waals surface area (Å²) in [4.78, 5) is 0.393. The van der Waals surface area contributed by atoms with Gasteiger partial charge in [0.05, 0.1) is 10.6 Å². The third-order valence-electron chi connectivity index (χ3n) is 3.43. The summed E-state index contributed by atoms with van der Waals surface area (Å²) in [5.74, 6) is 0.189. The number of halogens is 2. The van der Waals surface area contributed by atoms with Crippen LogP contribution in [0.25, 0.3) is 0 Å². The van der Waals surface area contributed by atoms with Crippen molar-refractivity contribution < 1.29 is 8.42 Å². The van der Waals surface area contributed by atoms with Gasteiger partial charge in [-0.2, -0.15) is 0 Å². The van der Waals surface area contributed by atoms with Crippen molar-refractivity contribution in [2.75, 3.05) is 11.1 Å². The minimum absolute atomic E-state index is 0.179. The Balaban J connectivity index is 3.08. The Bertz CT molecular complexity index is 485. The van der Waals surface area contributed by atoms with Crippen LogP contribution in [0, 0.1) is 5.41 Å². The molecule has 0 saturated carbocycles. The zero-order valence-electron chi connectivity index (χ0n) is 10.6. The zero-order valence-corrected chi connectivity index (χ0v) is 14.6. The van der Waals surface area contributed by atoms with E-state index >= 15 is 0 Å². The number of sulfone groups is 1. The fourth-order valence-corrected chi connectivity index (χ4v) is 5.71. The average Bonchev–Trinajstić information content (AvgIpc) is 2.36. The van der Waals surface area contributed by atoms with Gasteiger partial charge in [-0.05, 0) is 36.5 Å². The number of alkyl halides is 1. The van der Waals surface area contributed by atoms with E-state index < -0.39 is 9.84 Å². The molecule has 2 nitrogen and oxygen atoms in total. The number of benzene rings is 1. The van der Waals surface area contributed by atoms with E-state index in [1.54, 1.807) is 18.2 Å². The van der Waals surface area contributed by atoms with Gasteiger partial charge in [0.15, 0.2) is 9.84 Å². The molecule has 0 saturated heterocycles. The molecule has 0 unspecified atom stereocenters. The van der Waals surface area contributed by atoms with Crippen molar-refractivity contribution in [3.05, 3.63) is 28.7 Å². The van der Waals surface area contributed by atoms with Crippen LogP contribution in [0.5, 0.6) is 0 Å². The van der Waals surface area contributed by atoms with E-state index in [-0.39, 0.29) is 11.2 Å². The van der Waals surface area contributed by atoms with Gasteiger partial charge in [-0.1, -0.05) is 51.8 Å². The first-order valence-electron chi connectivity index (χ1n) is 5.93. The molecule has 0 spiro atoms. The van der Waals surface area contributed by atoms with Crippen molar-refractivity contribution in [3.63, 3.8) is 0 Å². The summed E-state index contributed by atoms with van der Waals surface area (Å²) in [5, 5.41) is 0.709. The largest absolute Gasteiger partial charge is 0.224 e. The molecule has 0 bridgehead atoms. The van der Waals surface area contributed by atoms with Crippen molar-refractivity contribution in [3.8, 4) is 0 Å². The van der Waals surface area contributed by atoms with Crippen molar-refractivity contribution in [1.82, 2.24) is 0 Å². The Labute approximate surface area is 126 Å². The molecule has 0 heterocycles. The maximum Gasteiger partial charge on any atom is 0.178 e. The average molecular weight is 398 g/mol. The van der Waals surface area contributed by atoms with Crippen LogP contribution in [-0.4, -0.2) is 19.5 Å². The molecule has 0 aliphatic carbocycles. The summed E-state index contributed by atoms with van der Waals surface area (Å²) >= 11 is 6.77. The summed E-state index contributed by atoms with van der Waals surface area (Å²) in [6, 6.07) is 6.91. The molecule has 0 N–H and O–H groups in total. The lowest BCUT2D eigenvalue weighted by Crippen LogP contribution is -2.30. The van der Waals surface area contributed by atoms with Gasteiger partial charge in [-0.3, -0.25) is 0 Å². The Morgan fingerprint density at radius 3 is 2.28 bits per heavy atom. The van der Waals surface area contributed by atoms with Gasteiger partial charge in [0.1, 0.15) is 0 Å². The standard InChI is InChI=1S/C13H18Br2O2S/c1-3-13(4-2,9-14)10-18(16,17)12-7-5-6-11(15)8-12/h5-8H,3-4,9-10H2,1-2H3. The Hall–Kier alpha value is 0.130. The molecule has 0 atom stereocenters. The van der Waals surface area contributed by atoms with E-state index in [0.717, 1.165) is 17.3 Å². The number of hydrogen-bond donors (Lipinski definition) is 0. The molecule has 0 aromatic heterocycles. The second-order valence-corrected chi connectivity index (χ2v) is 8.02. The maximum absolute atomic E-state index is 12.4. The van der Waals surface area contributed by atoms with Crippen molar-refractivity contribution in [2.45, 2.75) is 31.6 Å². The van der Waals surface area contributed by atoms with Crippen LogP contribution in [0.15, 0.2) is 33.6 Å². The van der Waals surface area contributed by atoms with E-state index in [0.29, 0.717) is 10.2 Å². The summed E-state index contributed by atoms with van der Waals surface area (Å²) in [5.41, 5.74) is -0.179. The predicted molar refractivity (Wildman–Crippen MR) is 83.0 cm³/mol. The van der Waals surface area contributed by atoms with Gasteiger partial charge in [0, 0.05) is 9.80 Å². The second kappa shape index (κ2) is 6.53. The molecule has 1 rings (SSSR count). The molecule has 0 aliphatic heterocycles. The third-order valence-corrected chi connectivity index (χ3v) is 7.08. The molecular weight excluding hydrogens is 380 g/mol. The van der Waals surface area contributed by atoms with E-state index in [4.69, 9.17) is 0 Å². The molecule has 102 valence electrons. The zero-order chi connectivity index (χ0) is 13.8. The van der Waals surface area contributed by atoms with E-state index in [1.807, 2.05) is 19.9 Å². The van der Waals surface area contributed by atoms with Crippen LogP contribution in [-0.2, 0) is 9.84 Å². The van der Waals surface area contributed by atoms with Gasteiger partial charge in [-0.25, -0.2) is 8.42 Å². The predicted octanol–water partition coefficient (Wildman–Crippen LogP) is 4.42. The van der Waals surface area contributed by atoms with Crippen LogP contribution in [0.4, 0.5) is 0 Å². The number of rotatable bonds is 6. The Kier molecular flexibility index (Phi) is 5.87. The fourth-order valence-electron chi connectivity index (χ4n) is 1.83. The van der Waals surface area contributed by atoms with Gasteiger partial charge < -0.3 is 0 Å². The van der Waals surface area contributed by atoms with Crippen LogP contribution in [0.1, 0.15) is 26.7 Å². The summed E-state index contributed by atoms with van der Waals surface area (Å²) in [6.07, 6.45) is 1.70. The van der Waals surface area contributed by atoms with E-state index in [2.05, 4.69) is 31.9 Å². The molecule has 0 aliphatic rings. The summed E-state index contributed by atoms with van der Waals surface area (Å²) in [6.45, 7) is 4.09. The highest BCUT2D eigenvalue weighted by Gasteiger charge is 2.32. The minimum atomic E-state index is -3.24. The monoisotopic (exact) mass is 396 g/mol. The summed E-state index contributed by atoms with van der Waals surface area (Å²) in [7, 11) is -3.24. The third kappa shape index (κ3) is 3.81. The number of hydrogen-bond acceptors (Lipinski definition) is 2. The first-order valence-corrected chi connectivity index (χ1v) is 9.50. The van der Waals surface area contributed by atoms with Crippen LogP contribution in [0.2, 0.25) is 0 Å². The molecule has 0 amide bonds. The molecule has 0 radical (unpaired) electrons. The van der Waals surface area contributed by atoms with Crippen molar-refractivity contribution >= 4 is 41.7 Å². The normalized spacial score (nSPS) is 12.7. The van der Waals surface area contributed by atoms with Crippen LogP contribution in [0.3, 0.4) is 0 Å². The maximum atomic E-state index is 12.4. The smallest absolute Gasteiger partial charge is 0.178 e. The van der Waals surface area contributed by atoms with Crippen molar-refractivity contribution in [2.24, 2.45) is 5.41 Å². The highest BCUT2D eigenvalue weighted by Crippen LogP contribution is 2.33. The first kappa shape index (κ1) is 16.2. The first-order chi connectivity index (χ1) is 8.39. The highest BCUT2D eigenvalue weighted by molar-refractivity contribution is 9.10. The lowest BCUT2D eigenvalue weighted by molar-refractivity contribution is 0.351. The minimum Gasteiger partial charge on any atom is -0.224 e. The molecule has 1 aromatic rings. The molecule has 5 heteroatoms. The van der Waals surface area contributed by atoms with Crippen molar-refractivity contribution in [1.29, 1.82) is 0 Å². The summed E-state index contributed by atoms with van der Waals surface area (Å²) < 4.78 is 25.7. The van der Waals surface area contributed by atoms with Gasteiger partial charge in [0.2, 0.25) is 0 Å². The topological polar surface area (TPSA) is 34.1 Å². The molecule has 18 heavy (non-hydrogen) atoms. The molecular formula is C13H18Br2O2S. The van der Waals surface area contributed by atoms with Gasteiger partial charge >= 0.3 is 0 Å². The molecule has 1 aromatic carbocycles. The van der Waals surface area contributed by atoms with Gasteiger partial charge in [0.25, 0.3) is 0 Å². The Morgan fingerprint density at radius 2 is 1.83 bits per heavy atom. The van der Waals surface area contributed by atoms with Gasteiger partial charge in [-0.15, -0.1) is 0 Å². The lowest BCUT2D eigenvalue weighted by Gasteiger charge is -2.29. The van der Waals surface area contributed by atoms with Crippen LogP contribution >= 0.6 is 31.9 Å².